The third-order valence-corrected chi connectivity index (χ3v) is 18.9. The number of phosphoric acid groups is 2. The van der Waals surface area contributed by atoms with Crippen molar-refractivity contribution >= 4 is 39.5 Å². The van der Waals surface area contributed by atoms with Crippen LogP contribution in [0, 0.1) is 0 Å². The lowest BCUT2D eigenvalue weighted by Gasteiger charge is -2.21. The molecule has 108 heavy (non-hydrogen) atoms. The summed E-state index contributed by atoms with van der Waals surface area (Å²) in [6.07, 6.45) is 93.5. The van der Waals surface area contributed by atoms with Crippen molar-refractivity contribution in [3.63, 3.8) is 0 Å². The molecule has 0 aromatic heterocycles. The summed E-state index contributed by atoms with van der Waals surface area (Å²) in [6.45, 7) is 4.48. The molecule has 0 aliphatic heterocycles. The number of aliphatic hydroxyl groups excluding tert-OH is 1. The third kappa shape index (κ3) is 78.8. The number of esters is 4. The summed E-state index contributed by atoms with van der Waals surface area (Å²) in [5.74, 6) is -2.24. The van der Waals surface area contributed by atoms with Crippen LogP contribution in [-0.4, -0.2) is 96.7 Å². The molecule has 0 saturated carbocycles. The van der Waals surface area contributed by atoms with E-state index >= 15 is 0 Å². The van der Waals surface area contributed by atoms with E-state index in [2.05, 4.69) is 186 Å². The fraction of sp³-hybridized carbons (Fsp3) is 0.663. The Balaban J connectivity index is 5.40. The highest BCUT2D eigenvalue weighted by molar-refractivity contribution is 7.47. The van der Waals surface area contributed by atoms with E-state index in [1.165, 1.54) is 38.5 Å². The molecule has 17 nitrogen and oxygen atoms in total. The first-order valence-electron chi connectivity index (χ1n) is 41.7. The highest BCUT2D eigenvalue weighted by Gasteiger charge is 2.30. The van der Waals surface area contributed by atoms with Crippen LogP contribution in [0.15, 0.2) is 158 Å². The second-order valence-corrected chi connectivity index (χ2v) is 30.2. The van der Waals surface area contributed by atoms with Crippen molar-refractivity contribution in [1.29, 1.82) is 0 Å². The van der Waals surface area contributed by atoms with Gasteiger partial charge in [-0.2, -0.15) is 0 Å². The van der Waals surface area contributed by atoms with Gasteiger partial charge in [0.2, 0.25) is 0 Å². The number of aliphatic hydroxyl groups is 1. The van der Waals surface area contributed by atoms with Gasteiger partial charge >= 0.3 is 39.5 Å². The molecule has 0 fully saturated rings. The molecule has 0 aliphatic rings. The molecule has 3 N–H and O–H groups in total. The van der Waals surface area contributed by atoms with E-state index in [9.17, 15) is 43.2 Å². The van der Waals surface area contributed by atoms with Gasteiger partial charge in [0.05, 0.1) is 26.4 Å². The third-order valence-electron chi connectivity index (χ3n) is 17.0. The van der Waals surface area contributed by atoms with Gasteiger partial charge in [-0.3, -0.25) is 37.3 Å². The van der Waals surface area contributed by atoms with Gasteiger partial charge < -0.3 is 33.8 Å². The lowest BCUT2D eigenvalue weighted by atomic mass is 10.1. The summed E-state index contributed by atoms with van der Waals surface area (Å²) in [4.78, 5) is 73.2. The van der Waals surface area contributed by atoms with Crippen LogP contribution in [-0.2, 0) is 65.4 Å². The average molecular weight is 1550 g/mol. The molecule has 616 valence electrons. The first-order valence-corrected chi connectivity index (χ1v) is 44.7. The molecule has 0 heterocycles. The van der Waals surface area contributed by atoms with Crippen molar-refractivity contribution < 1.29 is 80.2 Å². The van der Waals surface area contributed by atoms with Crippen LogP contribution in [0.5, 0.6) is 0 Å². The molecule has 0 spiro atoms. The maximum atomic E-state index is 13.1. The van der Waals surface area contributed by atoms with Crippen LogP contribution in [0.3, 0.4) is 0 Å². The van der Waals surface area contributed by atoms with Crippen LogP contribution in [0.2, 0.25) is 0 Å². The Morgan fingerprint density at radius 2 is 0.481 bits per heavy atom. The first-order chi connectivity index (χ1) is 52.7. The van der Waals surface area contributed by atoms with Gasteiger partial charge in [-0.25, -0.2) is 9.13 Å². The van der Waals surface area contributed by atoms with Gasteiger partial charge in [-0.1, -0.05) is 308 Å². The summed E-state index contributed by atoms with van der Waals surface area (Å²) < 4.78 is 68.7. The zero-order valence-electron chi connectivity index (χ0n) is 67.5. The SMILES string of the molecule is CC/C=C\C/C=C\C/C=C\C/C=C\C/C=C\CCCCCC(=O)OCC(COP(=O)(O)OCC(O)COP(=O)(O)OCC(COC(=O)CCCCCCCC/C=C\C/C=C\C/C=C\C/C=C\CC)OC(=O)CCCCCCCC/C=C\C/C=C\C/C=C\C/C=C\CC)OC(=O)CCCCCCCCCCCCC. The van der Waals surface area contributed by atoms with Crippen LogP contribution in [0.1, 0.15) is 323 Å². The quantitative estimate of drug-likeness (QED) is 0.0169. The van der Waals surface area contributed by atoms with Crippen LogP contribution < -0.4 is 0 Å². The molecule has 0 rings (SSSR count). The fourth-order valence-electron chi connectivity index (χ4n) is 10.8. The molecule has 0 bridgehead atoms. The van der Waals surface area contributed by atoms with Gasteiger partial charge in [0.25, 0.3) is 0 Å². The van der Waals surface area contributed by atoms with E-state index < -0.39 is 97.5 Å². The molecule has 5 unspecified atom stereocenters. The van der Waals surface area contributed by atoms with Gasteiger partial charge in [0, 0.05) is 25.7 Å². The zero-order valence-corrected chi connectivity index (χ0v) is 69.3. The number of ether oxygens (including phenoxy) is 4. The molecule has 0 saturated heterocycles. The van der Waals surface area contributed by atoms with E-state index in [-0.39, 0.29) is 25.7 Å². The van der Waals surface area contributed by atoms with E-state index in [0.29, 0.717) is 25.7 Å². The number of hydrogen-bond acceptors (Lipinski definition) is 15. The maximum Gasteiger partial charge on any atom is 0.472 e. The highest BCUT2D eigenvalue weighted by Crippen LogP contribution is 2.45. The molecule has 0 aromatic rings. The Kier molecular flexibility index (Phi) is 75.8. The summed E-state index contributed by atoms with van der Waals surface area (Å²) in [5.41, 5.74) is 0. The second-order valence-electron chi connectivity index (χ2n) is 27.3. The summed E-state index contributed by atoms with van der Waals surface area (Å²) >= 11 is 0. The monoisotopic (exact) mass is 1550 g/mol. The number of phosphoric ester groups is 2. The van der Waals surface area contributed by atoms with Crippen molar-refractivity contribution in [3.05, 3.63) is 158 Å². The number of hydrogen-bond donors (Lipinski definition) is 3. The number of carbonyl (C=O) groups excluding carboxylic acids is 4. The van der Waals surface area contributed by atoms with Gasteiger partial charge in [-0.05, 0) is 148 Å². The number of allylic oxidation sites excluding steroid dienone is 26. The Morgan fingerprint density at radius 1 is 0.269 bits per heavy atom. The normalized spacial score (nSPS) is 14.6. The predicted molar refractivity (Wildman–Crippen MR) is 445 cm³/mol. The molecule has 0 radical (unpaired) electrons. The lowest BCUT2D eigenvalue weighted by molar-refractivity contribution is -0.161. The van der Waals surface area contributed by atoms with Crippen LogP contribution in [0.25, 0.3) is 0 Å². The fourth-order valence-corrected chi connectivity index (χ4v) is 12.3. The van der Waals surface area contributed by atoms with Crippen molar-refractivity contribution in [2.75, 3.05) is 39.6 Å². The average Bonchev–Trinajstić information content (AvgIpc) is 0.899. The van der Waals surface area contributed by atoms with E-state index in [4.69, 9.17) is 37.0 Å². The summed E-state index contributed by atoms with van der Waals surface area (Å²) in [6, 6.07) is 0. The Labute approximate surface area is 655 Å². The Bertz CT molecular complexity index is 2660. The van der Waals surface area contributed by atoms with Gasteiger partial charge in [0.15, 0.2) is 12.2 Å². The van der Waals surface area contributed by atoms with Crippen molar-refractivity contribution in [1.82, 2.24) is 0 Å². The summed E-state index contributed by atoms with van der Waals surface area (Å²) in [7, 11) is -9.99. The Morgan fingerprint density at radius 3 is 0.750 bits per heavy atom. The van der Waals surface area contributed by atoms with E-state index in [0.717, 1.165) is 205 Å². The van der Waals surface area contributed by atoms with Crippen LogP contribution >= 0.6 is 15.6 Å². The van der Waals surface area contributed by atoms with Gasteiger partial charge in [0.1, 0.15) is 19.3 Å². The second kappa shape index (κ2) is 79.8. The molecule has 19 heteroatoms. The topological polar surface area (TPSA) is 237 Å². The minimum absolute atomic E-state index is 0.0702. The van der Waals surface area contributed by atoms with Gasteiger partial charge in [-0.15, -0.1) is 0 Å². The maximum absolute atomic E-state index is 13.1. The molecule has 5 atom stereocenters. The van der Waals surface area contributed by atoms with Crippen LogP contribution in [0.4, 0.5) is 0 Å². The van der Waals surface area contributed by atoms with Crippen molar-refractivity contribution in [2.45, 2.75) is 341 Å². The lowest BCUT2D eigenvalue weighted by Crippen LogP contribution is -2.30. The smallest absolute Gasteiger partial charge is 0.462 e. The highest BCUT2D eigenvalue weighted by atomic mass is 31.2. The minimum Gasteiger partial charge on any atom is -0.462 e. The Hall–Kier alpha value is -5.32. The number of unbranched alkanes of at least 4 members (excludes halogenated alkanes) is 25. The first kappa shape index (κ1) is 103. The molecule has 0 aliphatic carbocycles. The molecule has 0 aromatic carbocycles. The number of rotatable bonds is 77. The minimum atomic E-state index is -5.00. The van der Waals surface area contributed by atoms with Crippen molar-refractivity contribution in [2.24, 2.45) is 0 Å². The standard InChI is InChI=1S/C89H148O17P2/c1-5-9-13-17-21-25-29-32-35-38-41-44-47-50-54-57-61-65-69-73-86(91)99-79-84(105-88(93)75-71-67-63-59-53-28-24-20-16-12-8-4)81-103-107(95,96)101-77-83(90)78-102-108(97,98)104-82-85(106-89(94)76-72-68-64-60-56-52-49-46-43-40-37-34-31-27-23-19-15-11-7-3)80-100-87(92)74-70-66-62-58-55-51-48-45-42-39-36-33-30-26-22-18-14-10-6-2/h9-11,13-15,21-23,25-27,32-37,41-46,50,54,83-85,90H,5-8,12,16-20,24,28-31,38-40,47-49,51-53,55-82H2,1-4H3,(H,95,96)(H,97,98)/b13-9-,14-10-,15-11-,25-21-,26-22-,27-23-,35-32-,36-33-,37-34-,44-41-,45-42-,46-43-,54-50-. The molecular formula is C89H148O17P2. The van der Waals surface area contributed by atoms with Crippen molar-refractivity contribution in [3.8, 4) is 0 Å². The summed E-state index contributed by atoms with van der Waals surface area (Å²) in [5, 5.41) is 10.7. The van der Waals surface area contributed by atoms with E-state index in [1.54, 1.807) is 0 Å². The van der Waals surface area contributed by atoms with E-state index in [1.807, 2.05) is 0 Å². The molecular weight excluding hydrogens is 1400 g/mol. The largest absolute Gasteiger partial charge is 0.472 e. The zero-order chi connectivity index (χ0) is 78.9. The molecule has 0 amide bonds. The predicted octanol–water partition coefficient (Wildman–Crippen LogP) is 24.8. The number of carbonyl (C=O) groups is 4.